The number of rotatable bonds is 5. The summed E-state index contributed by atoms with van der Waals surface area (Å²) in [4.78, 5) is 40.8. The number of aryl methyl sites for hydroxylation is 1. The van der Waals surface area contributed by atoms with Crippen molar-refractivity contribution in [1.29, 1.82) is 0 Å². The molecule has 30 heavy (non-hydrogen) atoms. The molecule has 156 valence electrons. The molecule has 0 saturated carbocycles. The van der Waals surface area contributed by atoms with Gasteiger partial charge in [-0.15, -0.1) is 0 Å². The number of carbonyl (C=O) groups excluding carboxylic acids is 2. The molecular weight excluding hydrogens is 382 g/mol. The molecule has 0 atom stereocenters. The predicted octanol–water partition coefficient (Wildman–Crippen LogP) is 2.77. The second-order valence-corrected chi connectivity index (χ2v) is 8.12. The van der Waals surface area contributed by atoms with Gasteiger partial charge < -0.3 is 10.1 Å². The van der Waals surface area contributed by atoms with E-state index in [2.05, 4.69) is 31.1 Å². The van der Waals surface area contributed by atoms with E-state index in [1.807, 2.05) is 25.1 Å². The first-order chi connectivity index (χ1) is 14.1. The Bertz CT molecular complexity index is 1140. The van der Waals surface area contributed by atoms with Crippen LogP contribution < -0.4 is 10.9 Å². The molecule has 0 bridgehead atoms. The summed E-state index contributed by atoms with van der Waals surface area (Å²) in [5.74, 6) is -0.967. The molecule has 0 aliphatic rings. The fourth-order valence-electron chi connectivity index (χ4n) is 3.02. The van der Waals surface area contributed by atoms with Crippen molar-refractivity contribution in [2.75, 3.05) is 6.54 Å². The van der Waals surface area contributed by atoms with Crippen LogP contribution in [0.2, 0.25) is 0 Å². The van der Waals surface area contributed by atoms with Crippen LogP contribution in [0, 0.1) is 6.92 Å². The van der Waals surface area contributed by atoms with E-state index in [4.69, 9.17) is 4.74 Å². The smallest absolute Gasteiger partial charge is 0.325 e. The molecular formula is C23H25N3O4. The monoisotopic (exact) mass is 407 g/mol. The number of esters is 1. The molecule has 0 unspecified atom stereocenters. The fraction of sp³-hybridized carbons (Fsp3) is 0.304. The van der Waals surface area contributed by atoms with Gasteiger partial charge in [0.15, 0.2) is 0 Å². The third kappa shape index (κ3) is 4.92. The zero-order valence-corrected chi connectivity index (χ0v) is 17.6. The number of ether oxygens (including phenoxy) is 1. The second kappa shape index (κ2) is 8.49. The van der Waals surface area contributed by atoms with Crippen molar-refractivity contribution in [3.63, 3.8) is 0 Å². The minimum Gasteiger partial charge on any atom is -0.458 e. The summed E-state index contributed by atoms with van der Waals surface area (Å²) in [6, 6.07) is 13.9. The lowest BCUT2D eigenvalue weighted by Gasteiger charge is -2.19. The summed E-state index contributed by atoms with van der Waals surface area (Å²) in [6.45, 7) is 7.68. The number of aromatic nitrogens is 2. The molecule has 0 aliphatic heterocycles. The van der Waals surface area contributed by atoms with E-state index in [0.29, 0.717) is 16.9 Å². The van der Waals surface area contributed by atoms with Crippen LogP contribution in [0.15, 0.2) is 53.3 Å². The number of nitrogens with one attached hydrogen (secondary N) is 1. The minimum atomic E-state index is -0.610. The maximum Gasteiger partial charge on any atom is 0.325 e. The Morgan fingerprint density at radius 2 is 1.80 bits per heavy atom. The Morgan fingerprint density at radius 3 is 2.47 bits per heavy atom. The topological polar surface area (TPSA) is 89.8 Å². The molecule has 1 amide bonds. The number of pyridine rings is 1. The number of hydrogen-bond acceptors (Lipinski definition) is 5. The van der Waals surface area contributed by atoms with E-state index in [1.54, 1.807) is 24.3 Å². The maximum absolute atomic E-state index is 12.2. The summed E-state index contributed by atoms with van der Waals surface area (Å²) in [5.41, 5.74) is 2.95. The van der Waals surface area contributed by atoms with Crippen LogP contribution in [-0.2, 0) is 21.6 Å². The lowest BCUT2D eigenvalue weighted by molar-refractivity contribution is -0.143. The highest BCUT2D eigenvalue weighted by Crippen LogP contribution is 2.22. The molecule has 0 saturated heterocycles. The molecule has 1 aromatic carbocycles. The van der Waals surface area contributed by atoms with Crippen molar-refractivity contribution in [1.82, 2.24) is 14.7 Å². The summed E-state index contributed by atoms with van der Waals surface area (Å²) in [6.07, 6.45) is 0. The van der Waals surface area contributed by atoms with Crippen LogP contribution in [0.3, 0.4) is 0 Å². The van der Waals surface area contributed by atoms with E-state index >= 15 is 0 Å². The largest absolute Gasteiger partial charge is 0.458 e. The van der Waals surface area contributed by atoms with Gasteiger partial charge in [-0.05, 0) is 42.2 Å². The highest BCUT2D eigenvalue weighted by atomic mass is 16.5. The average molecular weight is 407 g/mol. The summed E-state index contributed by atoms with van der Waals surface area (Å²) in [5, 5.41) is 2.54. The van der Waals surface area contributed by atoms with Crippen molar-refractivity contribution >= 4 is 17.5 Å². The Kier molecular flexibility index (Phi) is 6.01. The lowest BCUT2D eigenvalue weighted by Crippen LogP contribution is -2.30. The van der Waals surface area contributed by atoms with Crippen molar-refractivity contribution in [3.8, 4) is 0 Å². The molecule has 2 aromatic heterocycles. The van der Waals surface area contributed by atoms with E-state index in [9.17, 15) is 14.4 Å². The Balaban J connectivity index is 1.56. The molecule has 0 aliphatic carbocycles. The van der Waals surface area contributed by atoms with Gasteiger partial charge in [-0.3, -0.25) is 18.8 Å². The van der Waals surface area contributed by atoms with Gasteiger partial charge in [0.05, 0.1) is 5.69 Å². The third-order valence-corrected chi connectivity index (χ3v) is 4.72. The van der Waals surface area contributed by atoms with Crippen molar-refractivity contribution in [3.05, 3.63) is 81.4 Å². The zero-order chi connectivity index (χ0) is 21.9. The number of hydrogen-bond donors (Lipinski definition) is 1. The van der Waals surface area contributed by atoms with Gasteiger partial charge in [-0.1, -0.05) is 39.0 Å². The predicted molar refractivity (Wildman–Crippen MR) is 113 cm³/mol. The van der Waals surface area contributed by atoms with Crippen molar-refractivity contribution < 1.29 is 14.3 Å². The first kappa shape index (κ1) is 21.2. The standard InChI is InChI=1S/C23H25N3O4/c1-15-6-5-7-19-25-18(12-20(27)26(15)19)14-30-21(28)13-24-22(29)16-8-10-17(11-9-16)23(2,3)4/h5-12H,13-14H2,1-4H3,(H,24,29). The number of fused-ring (bicyclic) bond motifs is 1. The highest BCUT2D eigenvalue weighted by molar-refractivity contribution is 5.95. The van der Waals surface area contributed by atoms with Gasteiger partial charge in [-0.25, -0.2) is 4.98 Å². The molecule has 1 N–H and O–H groups in total. The van der Waals surface area contributed by atoms with Gasteiger partial charge in [0.2, 0.25) is 0 Å². The molecule has 0 fully saturated rings. The van der Waals surface area contributed by atoms with Crippen LogP contribution in [0.25, 0.3) is 5.65 Å². The summed E-state index contributed by atoms with van der Waals surface area (Å²) >= 11 is 0. The van der Waals surface area contributed by atoms with Crippen molar-refractivity contribution in [2.45, 2.75) is 39.7 Å². The molecule has 3 aromatic rings. The van der Waals surface area contributed by atoms with Gasteiger partial charge in [0.25, 0.3) is 11.5 Å². The molecule has 0 spiro atoms. The fourth-order valence-corrected chi connectivity index (χ4v) is 3.02. The Hall–Kier alpha value is -3.48. The van der Waals surface area contributed by atoms with Crippen LogP contribution in [0.4, 0.5) is 0 Å². The van der Waals surface area contributed by atoms with Gasteiger partial charge in [0, 0.05) is 17.3 Å². The average Bonchev–Trinajstić information content (AvgIpc) is 2.69. The second-order valence-electron chi connectivity index (χ2n) is 8.12. The summed E-state index contributed by atoms with van der Waals surface area (Å²) < 4.78 is 6.63. The number of benzene rings is 1. The first-order valence-electron chi connectivity index (χ1n) is 9.68. The van der Waals surface area contributed by atoms with E-state index in [-0.39, 0.29) is 30.0 Å². The van der Waals surface area contributed by atoms with E-state index < -0.39 is 5.97 Å². The number of nitrogens with zero attached hydrogens (tertiary/aromatic N) is 2. The number of carbonyl (C=O) groups is 2. The number of amides is 1. The molecule has 2 heterocycles. The van der Waals surface area contributed by atoms with Gasteiger partial charge in [0.1, 0.15) is 18.8 Å². The van der Waals surface area contributed by atoms with Gasteiger partial charge >= 0.3 is 5.97 Å². The normalized spacial score (nSPS) is 11.3. The molecule has 3 rings (SSSR count). The summed E-state index contributed by atoms with van der Waals surface area (Å²) in [7, 11) is 0. The van der Waals surface area contributed by atoms with Crippen LogP contribution in [0.5, 0.6) is 0 Å². The van der Waals surface area contributed by atoms with Crippen LogP contribution in [-0.4, -0.2) is 27.8 Å². The molecule has 7 heteroatoms. The highest BCUT2D eigenvalue weighted by Gasteiger charge is 2.15. The Labute approximate surface area is 174 Å². The van der Waals surface area contributed by atoms with E-state index in [0.717, 1.165) is 11.3 Å². The SMILES string of the molecule is Cc1cccc2nc(COC(=O)CNC(=O)c3ccc(C(C)(C)C)cc3)cc(=O)n12. The van der Waals surface area contributed by atoms with Crippen LogP contribution >= 0.6 is 0 Å². The maximum atomic E-state index is 12.2. The third-order valence-electron chi connectivity index (χ3n) is 4.72. The van der Waals surface area contributed by atoms with Crippen LogP contribution in [0.1, 0.15) is 48.1 Å². The molecule has 0 radical (unpaired) electrons. The Morgan fingerprint density at radius 1 is 1.10 bits per heavy atom. The lowest BCUT2D eigenvalue weighted by atomic mass is 9.87. The van der Waals surface area contributed by atoms with E-state index in [1.165, 1.54) is 10.5 Å². The van der Waals surface area contributed by atoms with Crippen molar-refractivity contribution in [2.24, 2.45) is 0 Å². The van der Waals surface area contributed by atoms with Gasteiger partial charge in [-0.2, -0.15) is 0 Å². The molecule has 7 nitrogen and oxygen atoms in total. The first-order valence-corrected chi connectivity index (χ1v) is 9.68. The minimum absolute atomic E-state index is 0.00321. The quantitative estimate of drug-likeness (QED) is 0.657. The zero-order valence-electron chi connectivity index (χ0n) is 17.6.